The molecule has 19 heavy (non-hydrogen) atoms. The minimum Gasteiger partial charge on any atom is -0.393 e. The van der Waals surface area contributed by atoms with Crippen molar-refractivity contribution in [3.8, 4) is 0 Å². The van der Waals surface area contributed by atoms with Gasteiger partial charge in [0.25, 0.3) is 0 Å². The molecule has 0 amide bonds. The van der Waals surface area contributed by atoms with Gasteiger partial charge in [-0.05, 0) is 6.42 Å². The first-order chi connectivity index (χ1) is 8.70. The van der Waals surface area contributed by atoms with Crippen molar-refractivity contribution >= 4 is 38.8 Å². The Morgan fingerprint density at radius 3 is 2.68 bits per heavy atom. The lowest BCUT2D eigenvalue weighted by atomic mass is 9.89. The topological polar surface area (TPSA) is 63.4 Å². The summed E-state index contributed by atoms with van der Waals surface area (Å²) in [5.41, 5.74) is 5.50. The summed E-state index contributed by atoms with van der Waals surface area (Å²) in [5, 5.41) is -0.349. The summed E-state index contributed by atoms with van der Waals surface area (Å²) in [7, 11) is -3.02. The SMILES string of the molecule is CCS(=O)(=O)C1CSCCN1CCC(C)(C)C(N)=S. The summed E-state index contributed by atoms with van der Waals surface area (Å²) in [4.78, 5) is 2.57. The molecule has 0 spiro atoms. The number of sulfone groups is 1. The van der Waals surface area contributed by atoms with Crippen LogP contribution in [0, 0.1) is 5.41 Å². The van der Waals surface area contributed by atoms with Crippen molar-refractivity contribution in [2.45, 2.75) is 32.6 Å². The quantitative estimate of drug-likeness (QED) is 0.747. The van der Waals surface area contributed by atoms with Crippen LogP contribution in [0.3, 0.4) is 0 Å². The van der Waals surface area contributed by atoms with Gasteiger partial charge in [0.15, 0.2) is 9.84 Å². The predicted octanol–water partition coefficient (Wildman–Crippen LogP) is 1.50. The number of nitrogens with two attached hydrogens (primary N) is 1. The third kappa shape index (κ3) is 4.58. The Hall–Kier alpha value is 0.150. The average Bonchev–Trinajstić information content (AvgIpc) is 2.36. The van der Waals surface area contributed by atoms with Crippen molar-refractivity contribution in [1.82, 2.24) is 4.90 Å². The smallest absolute Gasteiger partial charge is 0.166 e. The van der Waals surface area contributed by atoms with E-state index in [0.29, 0.717) is 10.7 Å². The average molecular weight is 325 g/mol. The van der Waals surface area contributed by atoms with Crippen LogP contribution in [0.15, 0.2) is 0 Å². The summed E-state index contributed by atoms with van der Waals surface area (Å²) >= 11 is 6.78. The van der Waals surface area contributed by atoms with Crippen LogP contribution in [-0.2, 0) is 9.84 Å². The molecule has 0 bridgehead atoms. The van der Waals surface area contributed by atoms with E-state index in [1.807, 2.05) is 13.8 Å². The van der Waals surface area contributed by atoms with Gasteiger partial charge >= 0.3 is 0 Å². The zero-order valence-corrected chi connectivity index (χ0v) is 14.3. The largest absolute Gasteiger partial charge is 0.393 e. The fourth-order valence-electron chi connectivity index (χ4n) is 1.94. The summed E-state index contributed by atoms with van der Waals surface area (Å²) < 4.78 is 24.2. The molecule has 0 saturated carbocycles. The molecule has 112 valence electrons. The van der Waals surface area contributed by atoms with Gasteiger partial charge < -0.3 is 5.73 Å². The van der Waals surface area contributed by atoms with E-state index < -0.39 is 9.84 Å². The fraction of sp³-hybridized carbons (Fsp3) is 0.917. The molecule has 1 rings (SSSR count). The zero-order chi connectivity index (χ0) is 14.7. The first-order valence-corrected chi connectivity index (χ1v) is 9.82. The van der Waals surface area contributed by atoms with Crippen molar-refractivity contribution < 1.29 is 8.42 Å². The standard InChI is InChI=1S/C12H24N2O2S3/c1-4-19(15,16)10-9-18-8-7-14(10)6-5-12(2,3)11(13)17/h10H,4-9H2,1-3H3,(H2,13,17). The zero-order valence-electron chi connectivity index (χ0n) is 11.9. The lowest BCUT2D eigenvalue weighted by molar-refractivity contribution is 0.242. The van der Waals surface area contributed by atoms with E-state index in [4.69, 9.17) is 18.0 Å². The molecule has 0 aromatic rings. The van der Waals surface area contributed by atoms with Gasteiger partial charge in [-0.2, -0.15) is 11.8 Å². The molecule has 7 heteroatoms. The monoisotopic (exact) mass is 324 g/mol. The van der Waals surface area contributed by atoms with Crippen LogP contribution in [0.5, 0.6) is 0 Å². The molecule has 1 aliphatic heterocycles. The van der Waals surface area contributed by atoms with Crippen LogP contribution < -0.4 is 5.73 Å². The summed E-state index contributed by atoms with van der Waals surface area (Å²) in [5.74, 6) is 1.86. The van der Waals surface area contributed by atoms with Crippen molar-refractivity contribution in [1.29, 1.82) is 0 Å². The third-order valence-corrected chi connectivity index (χ3v) is 7.58. The lowest BCUT2D eigenvalue weighted by Gasteiger charge is -2.36. The molecular formula is C12H24N2O2S3. The van der Waals surface area contributed by atoms with Gasteiger partial charge in [0.05, 0.1) is 4.99 Å². The first-order valence-electron chi connectivity index (χ1n) is 6.54. The molecule has 1 saturated heterocycles. The summed E-state index contributed by atoms with van der Waals surface area (Å²) in [6.07, 6.45) is 0.794. The molecule has 2 N–H and O–H groups in total. The van der Waals surface area contributed by atoms with E-state index >= 15 is 0 Å². The van der Waals surface area contributed by atoms with Crippen LogP contribution >= 0.6 is 24.0 Å². The maximum absolute atomic E-state index is 12.1. The highest BCUT2D eigenvalue weighted by Crippen LogP contribution is 2.26. The van der Waals surface area contributed by atoms with Crippen molar-refractivity contribution in [2.24, 2.45) is 11.1 Å². The molecule has 0 aromatic heterocycles. The summed E-state index contributed by atoms with van der Waals surface area (Å²) in [6, 6.07) is 0. The molecule has 1 heterocycles. The Balaban J connectivity index is 2.72. The Labute approximate surface area is 126 Å². The van der Waals surface area contributed by atoms with Crippen molar-refractivity contribution in [3.63, 3.8) is 0 Å². The second-order valence-corrected chi connectivity index (χ2v) is 9.55. The lowest BCUT2D eigenvalue weighted by Crippen LogP contribution is -2.49. The van der Waals surface area contributed by atoms with Crippen LogP contribution in [0.25, 0.3) is 0 Å². The van der Waals surface area contributed by atoms with Gasteiger partial charge in [0.2, 0.25) is 0 Å². The van der Waals surface area contributed by atoms with Crippen molar-refractivity contribution in [3.05, 3.63) is 0 Å². The minimum atomic E-state index is -3.02. The molecule has 1 unspecified atom stereocenters. The number of rotatable bonds is 6. The van der Waals surface area contributed by atoms with Crippen LogP contribution in [-0.4, -0.2) is 54.0 Å². The van der Waals surface area contributed by atoms with Gasteiger partial charge in [0.1, 0.15) is 5.37 Å². The highest BCUT2D eigenvalue weighted by molar-refractivity contribution is 8.01. The maximum atomic E-state index is 12.1. The first kappa shape index (κ1) is 17.2. The van der Waals surface area contributed by atoms with E-state index in [2.05, 4.69) is 4.90 Å². The van der Waals surface area contributed by atoms with Crippen LogP contribution in [0.2, 0.25) is 0 Å². The molecule has 0 aliphatic carbocycles. The third-order valence-electron chi connectivity index (χ3n) is 3.70. The van der Waals surface area contributed by atoms with E-state index in [1.165, 1.54) is 0 Å². The van der Waals surface area contributed by atoms with Crippen LogP contribution in [0.1, 0.15) is 27.2 Å². The van der Waals surface area contributed by atoms with Crippen molar-refractivity contribution in [2.75, 3.05) is 30.3 Å². The molecule has 1 fully saturated rings. The minimum absolute atomic E-state index is 0.202. The van der Waals surface area contributed by atoms with E-state index in [9.17, 15) is 8.42 Å². The van der Waals surface area contributed by atoms with Gasteiger partial charge in [-0.15, -0.1) is 0 Å². The predicted molar refractivity (Wildman–Crippen MR) is 87.3 cm³/mol. The molecule has 0 aromatic carbocycles. The van der Waals surface area contributed by atoms with E-state index in [0.717, 1.165) is 25.3 Å². The molecule has 1 atom stereocenters. The van der Waals surface area contributed by atoms with Crippen LogP contribution in [0.4, 0.5) is 0 Å². The van der Waals surface area contributed by atoms with E-state index in [-0.39, 0.29) is 16.5 Å². The number of thioether (sulfide) groups is 1. The second kappa shape index (κ2) is 6.74. The number of hydrogen-bond acceptors (Lipinski definition) is 5. The second-order valence-electron chi connectivity index (χ2n) is 5.52. The fourth-order valence-corrected chi connectivity index (χ4v) is 5.15. The molecule has 1 aliphatic rings. The molecule has 0 radical (unpaired) electrons. The Bertz CT molecular complexity index is 421. The Kier molecular flexibility index (Phi) is 6.10. The Morgan fingerprint density at radius 2 is 2.16 bits per heavy atom. The normalized spacial score (nSPS) is 22.4. The summed E-state index contributed by atoms with van der Waals surface area (Å²) in [6.45, 7) is 7.29. The highest BCUT2D eigenvalue weighted by Gasteiger charge is 2.33. The van der Waals surface area contributed by atoms with Gasteiger partial charge in [-0.25, -0.2) is 8.42 Å². The van der Waals surface area contributed by atoms with Gasteiger partial charge in [-0.3, -0.25) is 4.90 Å². The Morgan fingerprint density at radius 1 is 1.53 bits per heavy atom. The number of hydrogen-bond donors (Lipinski definition) is 1. The number of thiocarbonyl (C=S) groups is 1. The van der Waals surface area contributed by atoms with E-state index in [1.54, 1.807) is 18.7 Å². The van der Waals surface area contributed by atoms with Gasteiger partial charge in [0, 0.05) is 35.8 Å². The van der Waals surface area contributed by atoms with Gasteiger partial charge in [-0.1, -0.05) is 33.0 Å². The number of nitrogens with zero attached hydrogens (tertiary/aromatic N) is 1. The maximum Gasteiger partial charge on any atom is 0.166 e. The molecular weight excluding hydrogens is 300 g/mol. The highest BCUT2D eigenvalue weighted by atomic mass is 32.2. The molecule has 4 nitrogen and oxygen atoms in total.